The standard InChI is InChI=1S/C27H40N4O2/c1-18-8-5-6-10-21(18)30-14-16-31(17-15-30)25(33)22-19-11-12-27(4,26(19,2)3)23(22)29-24(32)20-9-7-13-28-20/h5-6,8,10,19-20,22-23,28H,7,9,11-17H2,1-4H3,(H,29,32)/t19?,20?,22?,23?,27-/m0/s1. The lowest BCUT2D eigenvalue weighted by Gasteiger charge is -2.43. The summed E-state index contributed by atoms with van der Waals surface area (Å²) in [6, 6.07) is 8.30. The fourth-order valence-corrected chi connectivity index (χ4v) is 7.40. The van der Waals surface area contributed by atoms with Gasteiger partial charge >= 0.3 is 0 Å². The molecule has 0 radical (unpaired) electrons. The molecular weight excluding hydrogens is 412 g/mol. The predicted molar refractivity (Wildman–Crippen MR) is 131 cm³/mol. The molecule has 1 aromatic rings. The number of nitrogens with zero attached hydrogens (tertiary/aromatic N) is 2. The van der Waals surface area contributed by atoms with E-state index in [4.69, 9.17) is 0 Å². The van der Waals surface area contributed by atoms with E-state index in [1.165, 1.54) is 11.3 Å². The number of piperazine rings is 1. The molecule has 0 spiro atoms. The summed E-state index contributed by atoms with van der Waals surface area (Å²) in [5, 5.41) is 6.73. The first kappa shape index (κ1) is 22.7. The van der Waals surface area contributed by atoms with Crippen LogP contribution in [0.15, 0.2) is 24.3 Å². The predicted octanol–water partition coefficient (Wildman–Crippen LogP) is 2.95. The van der Waals surface area contributed by atoms with Gasteiger partial charge in [-0.2, -0.15) is 0 Å². The number of aryl methyl sites for hydroxylation is 1. The maximum absolute atomic E-state index is 14.0. The number of nitrogens with one attached hydrogen (secondary N) is 2. The molecule has 2 saturated carbocycles. The van der Waals surface area contributed by atoms with Gasteiger partial charge in [-0.15, -0.1) is 0 Å². The molecule has 4 fully saturated rings. The van der Waals surface area contributed by atoms with Crippen LogP contribution in [-0.4, -0.2) is 61.5 Å². The molecule has 0 aromatic heterocycles. The molecule has 33 heavy (non-hydrogen) atoms. The Morgan fingerprint density at radius 2 is 1.79 bits per heavy atom. The maximum Gasteiger partial charge on any atom is 0.237 e. The van der Waals surface area contributed by atoms with Crippen molar-refractivity contribution in [3.8, 4) is 0 Å². The molecule has 2 N–H and O–H groups in total. The first-order chi connectivity index (χ1) is 15.7. The lowest BCUT2D eigenvalue weighted by molar-refractivity contribution is -0.139. The van der Waals surface area contributed by atoms with Crippen LogP contribution in [0.2, 0.25) is 0 Å². The van der Waals surface area contributed by atoms with E-state index in [1.54, 1.807) is 0 Å². The monoisotopic (exact) mass is 452 g/mol. The van der Waals surface area contributed by atoms with Crippen molar-refractivity contribution in [1.29, 1.82) is 0 Å². The number of carbonyl (C=O) groups excluding carboxylic acids is 2. The third-order valence-corrected chi connectivity index (χ3v) is 9.86. The molecule has 4 unspecified atom stereocenters. The average molecular weight is 453 g/mol. The Balaban J connectivity index is 1.33. The van der Waals surface area contributed by atoms with Crippen LogP contribution >= 0.6 is 0 Å². The summed E-state index contributed by atoms with van der Waals surface area (Å²) in [5.74, 6) is 0.551. The maximum atomic E-state index is 14.0. The minimum atomic E-state index is -0.117. The van der Waals surface area contributed by atoms with Gasteiger partial charge in [0.05, 0.1) is 12.0 Å². The second kappa shape index (κ2) is 8.30. The highest BCUT2D eigenvalue weighted by atomic mass is 16.2. The zero-order valence-electron chi connectivity index (χ0n) is 20.7. The number of hydrogen-bond donors (Lipinski definition) is 2. The van der Waals surface area contributed by atoms with Gasteiger partial charge in [0.25, 0.3) is 0 Å². The van der Waals surface area contributed by atoms with Gasteiger partial charge in [-0.3, -0.25) is 9.59 Å². The van der Waals surface area contributed by atoms with Crippen molar-refractivity contribution in [3.05, 3.63) is 29.8 Å². The lowest BCUT2D eigenvalue weighted by atomic mass is 9.69. The molecule has 1 aromatic carbocycles. The first-order valence-corrected chi connectivity index (χ1v) is 12.9. The van der Waals surface area contributed by atoms with Crippen LogP contribution in [0.4, 0.5) is 5.69 Å². The van der Waals surface area contributed by atoms with Crippen LogP contribution in [0.5, 0.6) is 0 Å². The van der Waals surface area contributed by atoms with E-state index in [-0.39, 0.29) is 40.6 Å². The normalized spacial score (nSPS) is 35.2. The van der Waals surface area contributed by atoms with Crippen molar-refractivity contribution in [2.75, 3.05) is 37.6 Å². The van der Waals surface area contributed by atoms with Gasteiger partial charge in [0.1, 0.15) is 0 Å². The molecule has 6 heteroatoms. The van der Waals surface area contributed by atoms with E-state index in [0.29, 0.717) is 5.92 Å². The minimum Gasteiger partial charge on any atom is -0.368 e. The quantitative estimate of drug-likeness (QED) is 0.737. The second-order valence-corrected chi connectivity index (χ2v) is 11.5. The van der Waals surface area contributed by atoms with Crippen LogP contribution in [-0.2, 0) is 9.59 Å². The van der Waals surface area contributed by atoms with Crippen LogP contribution in [0, 0.1) is 29.6 Å². The molecule has 2 aliphatic heterocycles. The summed E-state index contributed by atoms with van der Waals surface area (Å²) in [6.07, 6.45) is 4.10. The Morgan fingerprint density at radius 1 is 1.06 bits per heavy atom. The number of anilines is 1. The third kappa shape index (κ3) is 3.56. The number of amides is 2. The SMILES string of the molecule is Cc1ccccc1N1CCN(C(=O)C2C3CC[C@@](C)(C2NC(=O)C2CCCN2)C3(C)C)CC1. The van der Waals surface area contributed by atoms with Crippen LogP contribution in [0.1, 0.15) is 52.0 Å². The average Bonchev–Trinajstić information content (AvgIpc) is 3.46. The fraction of sp³-hybridized carbons (Fsp3) is 0.704. The van der Waals surface area contributed by atoms with Crippen molar-refractivity contribution in [2.24, 2.45) is 22.7 Å². The van der Waals surface area contributed by atoms with Crippen LogP contribution in [0.3, 0.4) is 0 Å². The summed E-state index contributed by atoms with van der Waals surface area (Å²) in [6.45, 7) is 13.2. The number of carbonyl (C=O) groups is 2. The molecule has 6 nitrogen and oxygen atoms in total. The second-order valence-electron chi connectivity index (χ2n) is 11.5. The van der Waals surface area contributed by atoms with Crippen LogP contribution < -0.4 is 15.5 Å². The molecule has 2 saturated heterocycles. The van der Waals surface area contributed by atoms with Gasteiger partial charge in [-0.1, -0.05) is 39.0 Å². The van der Waals surface area contributed by atoms with Crippen LogP contribution in [0.25, 0.3) is 0 Å². The number of benzene rings is 1. The van der Waals surface area contributed by atoms with Gasteiger partial charge in [0.2, 0.25) is 11.8 Å². The Bertz CT molecular complexity index is 916. The zero-order valence-corrected chi connectivity index (χ0v) is 20.7. The highest BCUT2D eigenvalue weighted by molar-refractivity contribution is 5.86. The highest BCUT2D eigenvalue weighted by Gasteiger charge is 2.68. The van der Waals surface area contributed by atoms with Crippen molar-refractivity contribution in [1.82, 2.24) is 15.5 Å². The Morgan fingerprint density at radius 3 is 2.45 bits per heavy atom. The molecule has 2 aliphatic carbocycles. The van der Waals surface area contributed by atoms with E-state index >= 15 is 0 Å². The summed E-state index contributed by atoms with van der Waals surface area (Å²) in [4.78, 5) is 31.6. The first-order valence-electron chi connectivity index (χ1n) is 12.9. The zero-order chi connectivity index (χ0) is 23.4. The van der Waals surface area contributed by atoms with Crippen molar-refractivity contribution in [3.63, 3.8) is 0 Å². The number of para-hydroxylation sites is 1. The van der Waals surface area contributed by atoms with Gasteiger partial charge in [0.15, 0.2) is 0 Å². The number of hydrogen-bond acceptors (Lipinski definition) is 4. The lowest BCUT2D eigenvalue weighted by Crippen LogP contribution is -2.58. The molecule has 180 valence electrons. The summed E-state index contributed by atoms with van der Waals surface area (Å²) in [7, 11) is 0. The van der Waals surface area contributed by atoms with E-state index in [9.17, 15) is 9.59 Å². The van der Waals surface area contributed by atoms with E-state index in [1.807, 2.05) is 0 Å². The van der Waals surface area contributed by atoms with Gasteiger partial charge in [-0.25, -0.2) is 0 Å². The summed E-state index contributed by atoms with van der Waals surface area (Å²) >= 11 is 0. The Hall–Kier alpha value is -2.08. The fourth-order valence-electron chi connectivity index (χ4n) is 7.40. The molecule has 5 rings (SSSR count). The number of fused-ring (bicyclic) bond motifs is 2. The van der Waals surface area contributed by atoms with E-state index in [0.717, 1.165) is 58.4 Å². The van der Waals surface area contributed by atoms with Gasteiger partial charge in [0, 0.05) is 37.9 Å². The summed E-state index contributed by atoms with van der Waals surface area (Å²) < 4.78 is 0. The van der Waals surface area contributed by atoms with Crippen molar-refractivity contribution in [2.45, 2.75) is 65.5 Å². The molecule has 2 heterocycles. The van der Waals surface area contributed by atoms with Crippen molar-refractivity contribution < 1.29 is 9.59 Å². The topological polar surface area (TPSA) is 64.7 Å². The summed E-state index contributed by atoms with van der Waals surface area (Å²) in [5.41, 5.74) is 2.54. The Labute approximate surface area is 198 Å². The third-order valence-electron chi connectivity index (χ3n) is 9.86. The van der Waals surface area contributed by atoms with Gasteiger partial charge in [-0.05, 0) is 67.5 Å². The van der Waals surface area contributed by atoms with Gasteiger partial charge < -0.3 is 20.4 Å². The number of rotatable bonds is 4. The highest BCUT2D eigenvalue weighted by Crippen LogP contribution is 2.67. The largest absolute Gasteiger partial charge is 0.368 e. The molecular formula is C27H40N4O2. The molecule has 2 amide bonds. The molecule has 4 aliphatic rings. The molecule has 2 bridgehead atoms. The Kier molecular flexibility index (Phi) is 5.71. The molecule has 5 atom stereocenters. The van der Waals surface area contributed by atoms with Crippen molar-refractivity contribution >= 4 is 17.5 Å². The van der Waals surface area contributed by atoms with E-state index < -0.39 is 0 Å². The van der Waals surface area contributed by atoms with E-state index in [2.05, 4.69) is 72.4 Å². The smallest absolute Gasteiger partial charge is 0.237 e. The minimum absolute atomic E-state index is 0.0390.